The number of carbonyl (C=O) groups is 2. The molecule has 0 aliphatic carbocycles. The van der Waals surface area contributed by atoms with Crippen LogP contribution in [0.4, 0.5) is 0 Å². The fraction of sp³-hybridized carbons (Fsp3) is 0.529. The van der Waals surface area contributed by atoms with Gasteiger partial charge in [0, 0.05) is 0 Å². The van der Waals surface area contributed by atoms with E-state index < -0.39 is 12.0 Å². The first-order valence-corrected chi connectivity index (χ1v) is 7.66. The van der Waals surface area contributed by atoms with Crippen LogP contribution in [-0.2, 0) is 16.0 Å². The summed E-state index contributed by atoms with van der Waals surface area (Å²) in [4.78, 5) is 23.2. The molecule has 0 unspecified atom stereocenters. The molecule has 0 radical (unpaired) electrons. The maximum absolute atomic E-state index is 12.0. The monoisotopic (exact) mass is 307 g/mol. The predicted octanol–water partition coefficient (Wildman–Crippen LogP) is 2.63. The van der Waals surface area contributed by atoms with Crippen LogP contribution in [-0.4, -0.2) is 29.6 Å². The van der Waals surface area contributed by atoms with Crippen molar-refractivity contribution in [3.05, 3.63) is 29.8 Å². The van der Waals surface area contributed by atoms with E-state index in [-0.39, 0.29) is 18.2 Å². The van der Waals surface area contributed by atoms with Gasteiger partial charge in [0.2, 0.25) is 5.91 Å². The average Bonchev–Trinajstić information content (AvgIpc) is 2.44. The number of hydrogen-bond acceptors (Lipinski definition) is 3. The van der Waals surface area contributed by atoms with Gasteiger partial charge < -0.3 is 15.2 Å². The van der Waals surface area contributed by atoms with Gasteiger partial charge in [-0.2, -0.15) is 0 Å². The van der Waals surface area contributed by atoms with Crippen LogP contribution in [0.5, 0.6) is 5.75 Å². The zero-order chi connectivity index (χ0) is 16.5. The highest BCUT2D eigenvalue weighted by molar-refractivity contribution is 5.84. The first-order valence-electron chi connectivity index (χ1n) is 7.66. The van der Waals surface area contributed by atoms with Crippen LogP contribution in [0.15, 0.2) is 24.3 Å². The van der Waals surface area contributed by atoms with Crippen LogP contribution in [0, 0.1) is 5.92 Å². The van der Waals surface area contributed by atoms with Crippen LogP contribution in [0.3, 0.4) is 0 Å². The smallest absolute Gasteiger partial charge is 0.326 e. The van der Waals surface area contributed by atoms with Gasteiger partial charge in [0.25, 0.3) is 0 Å². The highest BCUT2D eigenvalue weighted by atomic mass is 16.5. The largest absolute Gasteiger partial charge is 0.494 e. The Labute approximate surface area is 131 Å². The molecule has 1 aromatic carbocycles. The van der Waals surface area contributed by atoms with E-state index in [2.05, 4.69) is 5.32 Å². The third-order valence-corrected chi connectivity index (χ3v) is 3.08. The van der Waals surface area contributed by atoms with Crippen LogP contribution in [0.2, 0.25) is 0 Å². The van der Waals surface area contributed by atoms with Gasteiger partial charge in [-0.05, 0) is 36.5 Å². The summed E-state index contributed by atoms with van der Waals surface area (Å²) in [5.74, 6) is -0.362. The van der Waals surface area contributed by atoms with Crippen LogP contribution >= 0.6 is 0 Å². The normalized spacial score (nSPS) is 12.0. The van der Waals surface area contributed by atoms with Crippen molar-refractivity contribution in [2.75, 3.05) is 6.61 Å². The lowest BCUT2D eigenvalue weighted by molar-refractivity contribution is -0.142. The molecule has 0 fully saturated rings. The molecule has 1 atom stereocenters. The molecule has 5 nitrogen and oxygen atoms in total. The number of amides is 1. The van der Waals surface area contributed by atoms with E-state index in [0.717, 1.165) is 17.7 Å². The Morgan fingerprint density at radius 3 is 2.64 bits per heavy atom. The van der Waals surface area contributed by atoms with Gasteiger partial charge in [-0.3, -0.25) is 4.79 Å². The number of hydrogen-bond donors (Lipinski definition) is 2. The van der Waals surface area contributed by atoms with Gasteiger partial charge in [0.1, 0.15) is 11.8 Å². The first kappa shape index (κ1) is 18.0. The van der Waals surface area contributed by atoms with Crippen molar-refractivity contribution in [2.45, 2.75) is 46.1 Å². The SMILES string of the molecule is CCCOc1cccc(CC(=O)N[C@@H](CC(C)C)C(=O)O)c1. The van der Waals surface area contributed by atoms with Gasteiger partial charge >= 0.3 is 5.97 Å². The molecule has 0 aliphatic rings. The van der Waals surface area contributed by atoms with Crippen molar-refractivity contribution in [2.24, 2.45) is 5.92 Å². The number of carbonyl (C=O) groups excluding carboxylic acids is 1. The highest BCUT2D eigenvalue weighted by Gasteiger charge is 2.21. The highest BCUT2D eigenvalue weighted by Crippen LogP contribution is 2.14. The molecule has 122 valence electrons. The molecule has 1 amide bonds. The van der Waals surface area contributed by atoms with Gasteiger partial charge in [-0.1, -0.05) is 32.9 Å². The molecule has 0 spiro atoms. The summed E-state index contributed by atoms with van der Waals surface area (Å²) in [7, 11) is 0. The molecule has 5 heteroatoms. The maximum Gasteiger partial charge on any atom is 0.326 e. The minimum absolute atomic E-state index is 0.144. The topological polar surface area (TPSA) is 75.6 Å². The Morgan fingerprint density at radius 1 is 1.32 bits per heavy atom. The number of rotatable bonds is 9. The molecular formula is C17H25NO4. The van der Waals surface area contributed by atoms with Crippen molar-refractivity contribution < 1.29 is 19.4 Å². The Balaban J connectivity index is 2.61. The summed E-state index contributed by atoms with van der Waals surface area (Å²) in [6, 6.07) is 6.48. The van der Waals surface area contributed by atoms with E-state index in [0.29, 0.717) is 13.0 Å². The summed E-state index contributed by atoms with van der Waals surface area (Å²) in [5.41, 5.74) is 0.805. The summed E-state index contributed by atoms with van der Waals surface area (Å²) < 4.78 is 5.52. The van der Waals surface area contributed by atoms with Crippen molar-refractivity contribution in [3.8, 4) is 5.75 Å². The summed E-state index contributed by atoms with van der Waals surface area (Å²) in [6.45, 7) is 6.51. The number of benzene rings is 1. The minimum atomic E-state index is -0.998. The lowest BCUT2D eigenvalue weighted by atomic mass is 10.0. The molecule has 2 N–H and O–H groups in total. The second-order valence-corrected chi connectivity index (χ2v) is 5.76. The molecule has 0 aliphatic heterocycles. The molecule has 0 aromatic heterocycles. The Kier molecular flexibility index (Phi) is 7.43. The van der Waals surface area contributed by atoms with Crippen LogP contribution in [0.25, 0.3) is 0 Å². The van der Waals surface area contributed by atoms with Gasteiger partial charge in [0.15, 0.2) is 0 Å². The molecule has 0 saturated heterocycles. The lowest BCUT2D eigenvalue weighted by Gasteiger charge is -2.16. The third-order valence-electron chi connectivity index (χ3n) is 3.08. The molecular weight excluding hydrogens is 282 g/mol. The molecule has 1 rings (SSSR count). The van der Waals surface area contributed by atoms with Crippen molar-refractivity contribution >= 4 is 11.9 Å². The molecule has 0 saturated carbocycles. The van der Waals surface area contributed by atoms with Gasteiger partial charge in [-0.15, -0.1) is 0 Å². The van der Waals surface area contributed by atoms with E-state index in [1.165, 1.54) is 0 Å². The molecule has 1 aromatic rings. The second-order valence-electron chi connectivity index (χ2n) is 5.76. The lowest BCUT2D eigenvalue weighted by Crippen LogP contribution is -2.42. The van der Waals surface area contributed by atoms with Gasteiger partial charge in [0.05, 0.1) is 13.0 Å². The second kappa shape index (κ2) is 9.07. The summed E-state index contributed by atoms with van der Waals surface area (Å²) in [5, 5.41) is 11.7. The summed E-state index contributed by atoms with van der Waals surface area (Å²) >= 11 is 0. The van der Waals surface area contributed by atoms with E-state index in [1.54, 1.807) is 0 Å². The Hall–Kier alpha value is -2.04. The third kappa shape index (κ3) is 6.61. The summed E-state index contributed by atoms with van der Waals surface area (Å²) in [6.07, 6.45) is 1.48. The fourth-order valence-electron chi connectivity index (χ4n) is 2.09. The van der Waals surface area contributed by atoms with Crippen molar-refractivity contribution in [3.63, 3.8) is 0 Å². The van der Waals surface area contributed by atoms with Crippen LogP contribution in [0.1, 0.15) is 39.2 Å². The molecule has 0 heterocycles. The quantitative estimate of drug-likeness (QED) is 0.735. The number of carboxylic acid groups (broad SMARTS) is 1. The maximum atomic E-state index is 12.0. The first-order chi connectivity index (χ1) is 10.4. The van der Waals surface area contributed by atoms with Crippen molar-refractivity contribution in [1.29, 1.82) is 0 Å². The van der Waals surface area contributed by atoms with Crippen LogP contribution < -0.4 is 10.1 Å². The standard InChI is InChI=1S/C17H25NO4/c1-4-8-22-14-7-5-6-13(10-14)11-16(19)18-15(17(20)21)9-12(2)3/h5-7,10,12,15H,4,8-9,11H2,1-3H3,(H,18,19)(H,20,21)/t15-/m0/s1. The molecule has 0 bridgehead atoms. The zero-order valence-electron chi connectivity index (χ0n) is 13.5. The van der Waals surface area contributed by atoms with Crippen molar-refractivity contribution in [1.82, 2.24) is 5.32 Å². The minimum Gasteiger partial charge on any atom is -0.494 e. The number of nitrogens with one attached hydrogen (secondary N) is 1. The number of ether oxygens (including phenoxy) is 1. The number of aliphatic carboxylic acids is 1. The Bertz CT molecular complexity index is 499. The van der Waals surface area contributed by atoms with Gasteiger partial charge in [-0.25, -0.2) is 4.79 Å². The zero-order valence-corrected chi connectivity index (χ0v) is 13.5. The number of carboxylic acids is 1. The average molecular weight is 307 g/mol. The van der Waals surface area contributed by atoms with E-state index in [4.69, 9.17) is 9.84 Å². The fourth-order valence-corrected chi connectivity index (χ4v) is 2.09. The molecule has 22 heavy (non-hydrogen) atoms. The van der Waals surface area contributed by atoms with E-state index in [1.807, 2.05) is 45.0 Å². The Morgan fingerprint density at radius 2 is 2.05 bits per heavy atom. The van der Waals surface area contributed by atoms with E-state index in [9.17, 15) is 9.59 Å². The van der Waals surface area contributed by atoms with E-state index >= 15 is 0 Å². The predicted molar refractivity (Wildman–Crippen MR) is 85.0 cm³/mol.